The Morgan fingerprint density at radius 1 is 1.05 bits per heavy atom. The number of hydrogen-bond donors (Lipinski definition) is 2. The van der Waals surface area contributed by atoms with Crippen molar-refractivity contribution >= 4 is 34.8 Å². The van der Waals surface area contributed by atoms with E-state index in [1.807, 2.05) is 37.4 Å². The molecule has 2 N–H and O–H groups in total. The molecule has 0 aliphatic carbocycles. The van der Waals surface area contributed by atoms with E-state index in [4.69, 9.17) is 23.2 Å². The molecule has 0 aromatic heterocycles. The lowest BCUT2D eigenvalue weighted by atomic mass is 10.2. The summed E-state index contributed by atoms with van der Waals surface area (Å²) in [4.78, 5) is 13.2. The molecular formula is C16H17Cl2N2O+. The summed E-state index contributed by atoms with van der Waals surface area (Å²) in [6.07, 6.45) is 0. The molecule has 0 saturated carbocycles. The summed E-state index contributed by atoms with van der Waals surface area (Å²) in [5.41, 5.74) is 1.66. The lowest BCUT2D eigenvalue weighted by molar-refractivity contribution is -0.885. The van der Waals surface area contributed by atoms with Crippen LogP contribution >= 0.6 is 23.2 Å². The van der Waals surface area contributed by atoms with Gasteiger partial charge >= 0.3 is 0 Å². The van der Waals surface area contributed by atoms with Gasteiger partial charge in [-0.15, -0.1) is 0 Å². The molecule has 21 heavy (non-hydrogen) atoms. The number of rotatable bonds is 5. The highest BCUT2D eigenvalue weighted by Gasteiger charge is 2.14. The number of halogens is 2. The Kier molecular flexibility index (Phi) is 5.62. The first-order valence-corrected chi connectivity index (χ1v) is 7.41. The van der Waals surface area contributed by atoms with E-state index in [0.717, 1.165) is 11.4 Å². The fourth-order valence-electron chi connectivity index (χ4n) is 2.08. The van der Waals surface area contributed by atoms with Gasteiger partial charge in [-0.25, -0.2) is 0 Å². The van der Waals surface area contributed by atoms with Crippen LogP contribution < -0.4 is 10.2 Å². The van der Waals surface area contributed by atoms with Crippen LogP contribution in [0.5, 0.6) is 0 Å². The van der Waals surface area contributed by atoms with Crippen molar-refractivity contribution in [2.75, 3.05) is 18.9 Å². The summed E-state index contributed by atoms with van der Waals surface area (Å²) < 4.78 is 0. The quantitative estimate of drug-likeness (QED) is 0.871. The number of benzene rings is 2. The molecule has 2 aromatic rings. The Bertz CT molecular complexity index is 597. The zero-order chi connectivity index (χ0) is 15.2. The SMILES string of the molecule is C[NH+](CC(=O)Nc1c(Cl)cccc1Cl)Cc1ccccc1. The minimum Gasteiger partial charge on any atom is -0.326 e. The lowest BCUT2D eigenvalue weighted by Crippen LogP contribution is -3.08. The molecule has 0 bridgehead atoms. The Morgan fingerprint density at radius 2 is 1.67 bits per heavy atom. The Hall–Kier alpha value is -1.55. The fourth-order valence-corrected chi connectivity index (χ4v) is 2.57. The van der Waals surface area contributed by atoms with E-state index in [1.54, 1.807) is 18.2 Å². The minimum absolute atomic E-state index is 0.113. The maximum absolute atomic E-state index is 12.1. The van der Waals surface area contributed by atoms with E-state index >= 15 is 0 Å². The van der Waals surface area contributed by atoms with Crippen LogP contribution in [0.3, 0.4) is 0 Å². The van der Waals surface area contributed by atoms with Crippen molar-refractivity contribution in [3.8, 4) is 0 Å². The molecule has 0 aliphatic rings. The molecule has 0 saturated heterocycles. The highest BCUT2D eigenvalue weighted by molar-refractivity contribution is 6.39. The third kappa shape index (κ3) is 4.74. The second-order valence-electron chi connectivity index (χ2n) is 4.94. The molecule has 1 amide bonds. The highest BCUT2D eigenvalue weighted by atomic mass is 35.5. The summed E-state index contributed by atoms with van der Waals surface area (Å²) in [5, 5.41) is 3.65. The van der Waals surface area contributed by atoms with Crippen LogP contribution in [0.15, 0.2) is 48.5 Å². The van der Waals surface area contributed by atoms with Crippen LogP contribution in [0.2, 0.25) is 10.0 Å². The van der Waals surface area contributed by atoms with E-state index in [2.05, 4.69) is 5.32 Å². The molecule has 1 unspecified atom stereocenters. The normalized spacial score (nSPS) is 12.0. The molecule has 2 aromatic carbocycles. The van der Waals surface area contributed by atoms with Crippen LogP contribution in [-0.2, 0) is 11.3 Å². The molecule has 1 atom stereocenters. The number of hydrogen-bond acceptors (Lipinski definition) is 1. The number of quaternary nitrogens is 1. The maximum atomic E-state index is 12.1. The van der Waals surface area contributed by atoms with E-state index in [0.29, 0.717) is 22.3 Å². The third-order valence-electron chi connectivity index (χ3n) is 3.04. The van der Waals surface area contributed by atoms with Crippen LogP contribution in [-0.4, -0.2) is 19.5 Å². The first kappa shape index (κ1) is 15.8. The molecule has 0 aliphatic heterocycles. The summed E-state index contributed by atoms with van der Waals surface area (Å²) >= 11 is 12.1. The molecule has 3 nitrogen and oxygen atoms in total. The molecular weight excluding hydrogens is 307 g/mol. The zero-order valence-corrected chi connectivity index (χ0v) is 13.2. The average Bonchev–Trinajstić information content (AvgIpc) is 2.44. The van der Waals surface area contributed by atoms with Crippen molar-refractivity contribution in [2.45, 2.75) is 6.54 Å². The number of likely N-dealkylation sites (N-methyl/N-ethyl adjacent to an activating group) is 1. The van der Waals surface area contributed by atoms with Gasteiger partial charge < -0.3 is 10.2 Å². The van der Waals surface area contributed by atoms with Gasteiger partial charge in [0, 0.05) is 5.56 Å². The third-order valence-corrected chi connectivity index (χ3v) is 3.67. The summed E-state index contributed by atoms with van der Waals surface area (Å²) in [6.45, 7) is 1.13. The number of para-hydroxylation sites is 1. The van der Waals surface area contributed by atoms with Gasteiger partial charge in [-0.2, -0.15) is 0 Å². The molecule has 0 heterocycles. The molecule has 0 radical (unpaired) electrons. The second-order valence-corrected chi connectivity index (χ2v) is 5.76. The number of carbonyl (C=O) groups is 1. The number of nitrogens with one attached hydrogen (secondary N) is 2. The van der Waals surface area contributed by atoms with Crippen LogP contribution in [0.25, 0.3) is 0 Å². The van der Waals surface area contributed by atoms with Crippen LogP contribution in [0.1, 0.15) is 5.56 Å². The minimum atomic E-state index is -0.113. The maximum Gasteiger partial charge on any atom is 0.279 e. The summed E-state index contributed by atoms with van der Waals surface area (Å²) in [7, 11) is 1.97. The first-order valence-electron chi connectivity index (χ1n) is 6.65. The van der Waals surface area contributed by atoms with Gasteiger partial charge in [0.1, 0.15) is 6.54 Å². The standard InChI is InChI=1S/C16H16Cl2N2O/c1-20(10-12-6-3-2-4-7-12)11-15(21)19-16-13(17)8-5-9-14(16)18/h2-9H,10-11H2,1H3,(H,19,21)/p+1. The van der Waals surface area contributed by atoms with Gasteiger partial charge in [-0.3, -0.25) is 4.79 Å². The smallest absolute Gasteiger partial charge is 0.279 e. The lowest BCUT2D eigenvalue weighted by Gasteiger charge is -2.15. The molecule has 2 rings (SSSR count). The summed E-state index contributed by atoms with van der Waals surface area (Å²) in [6, 6.07) is 15.2. The number of carbonyl (C=O) groups excluding carboxylic acids is 1. The van der Waals surface area contributed by atoms with E-state index in [1.165, 1.54) is 5.56 Å². The van der Waals surface area contributed by atoms with Gasteiger partial charge in [0.15, 0.2) is 6.54 Å². The van der Waals surface area contributed by atoms with E-state index in [9.17, 15) is 4.79 Å². The van der Waals surface area contributed by atoms with Gasteiger partial charge in [-0.05, 0) is 12.1 Å². The average molecular weight is 324 g/mol. The Labute approximate surface area is 134 Å². The van der Waals surface area contributed by atoms with Crippen molar-refractivity contribution in [3.63, 3.8) is 0 Å². The Morgan fingerprint density at radius 3 is 2.29 bits per heavy atom. The topological polar surface area (TPSA) is 33.5 Å². The predicted molar refractivity (Wildman–Crippen MR) is 87.0 cm³/mol. The molecule has 5 heteroatoms. The van der Waals surface area contributed by atoms with Crippen molar-refractivity contribution in [2.24, 2.45) is 0 Å². The van der Waals surface area contributed by atoms with Crippen LogP contribution in [0.4, 0.5) is 5.69 Å². The van der Waals surface area contributed by atoms with E-state index < -0.39 is 0 Å². The number of amides is 1. The monoisotopic (exact) mass is 323 g/mol. The van der Waals surface area contributed by atoms with Gasteiger partial charge in [-0.1, -0.05) is 59.6 Å². The molecule has 0 fully saturated rings. The number of anilines is 1. The zero-order valence-electron chi connectivity index (χ0n) is 11.7. The van der Waals surface area contributed by atoms with Crippen molar-refractivity contribution in [3.05, 3.63) is 64.1 Å². The Balaban J connectivity index is 1.92. The highest BCUT2D eigenvalue weighted by Crippen LogP contribution is 2.29. The molecule has 110 valence electrons. The van der Waals surface area contributed by atoms with E-state index in [-0.39, 0.29) is 5.91 Å². The van der Waals surface area contributed by atoms with Crippen molar-refractivity contribution in [1.82, 2.24) is 0 Å². The second kappa shape index (κ2) is 7.46. The van der Waals surface area contributed by atoms with Gasteiger partial charge in [0.05, 0.1) is 22.8 Å². The van der Waals surface area contributed by atoms with Crippen molar-refractivity contribution < 1.29 is 9.69 Å². The van der Waals surface area contributed by atoms with Crippen LogP contribution in [0, 0.1) is 0 Å². The fraction of sp³-hybridized carbons (Fsp3) is 0.188. The summed E-state index contributed by atoms with van der Waals surface area (Å²) in [5.74, 6) is -0.113. The largest absolute Gasteiger partial charge is 0.326 e. The predicted octanol–water partition coefficient (Wildman–Crippen LogP) is 2.65. The van der Waals surface area contributed by atoms with Gasteiger partial charge in [0.25, 0.3) is 5.91 Å². The van der Waals surface area contributed by atoms with Gasteiger partial charge in [0.2, 0.25) is 0 Å². The van der Waals surface area contributed by atoms with Crippen molar-refractivity contribution in [1.29, 1.82) is 0 Å². The first-order chi connectivity index (χ1) is 10.1. The molecule has 0 spiro atoms.